The van der Waals surface area contributed by atoms with E-state index in [1.807, 2.05) is 55.9 Å². The third-order valence-corrected chi connectivity index (χ3v) is 5.97. The van der Waals surface area contributed by atoms with E-state index in [4.69, 9.17) is 4.74 Å². The fraction of sp³-hybridized carbons (Fsp3) is 0.250. The number of aromatic nitrogens is 2. The van der Waals surface area contributed by atoms with Crippen molar-refractivity contribution in [2.45, 2.75) is 26.9 Å². The van der Waals surface area contributed by atoms with Gasteiger partial charge in [-0.25, -0.2) is 4.79 Å². The summed E-state index contributed by atoms with van der Waals surface area (Å²) >= 11 is 2.98. The maximum Gasteiger partial charge on any atom is 0.340 e. The van der Waals surface area contributed by atoms with Crippen molar-refractivity contribution in [3.05, 3.63) is 56.2 Å². The van der Waals surface area contributed by atoms with Gasteiger partial charge in [0.15, 0.2) is 6.10 Å². The van der Waals surface area contributed by atoms with Gasteiger partial charge in [0, 0.05) is 16.8 Å². The molecule has 0 saturated heterocycles. The summed E-state index contributed by atoms with van der Waals surface area (Å²) in [6, 6.07) is 7.58. The average Bonchev–Trinajstić information content (AvgIpc) is 3.39. The number of carbonyl (C=O) groups is 2. The fourth-order valence-electron chi connectivity index (χ4n) is 2.64. The summed E-state index contributed by atoms with van der Waals surface area (Å²) in [5, 5.41) is 10.9. The lowest BCUT2D eigenvalue weighted by Gasteiger charge is -2.15. The van der Waals surface area contributed by atoms with Crippen LogP contribution in [0.25, 0.3) is 11.6 Å². The lowest BCUT2D eigenvalue weighted by Crippen LogP contribution is -2.30. The van der Waals surface area contributed by atoms with E-state index in [-0.39, 0.29) is 0 Å². The van der Waals surface area contributed by atoms with E-state index in [9.17, 15) is 9.59 Å². The van der Waals surface area contributed by atoms with Crippen molar-refractivity contribution in [2.24, 2.45) is 7.05 Å². The molecule has 0 bridgehead atoms. The second-order valence-electron chi connectivity index (χ2n) is 6.26. The fourth-order valence-corrected chi connectivity index (χ4v) is 4.02. The Hall–Kier alpha value is -2.71. The summed E-state index contributed by atoms with van der Waals surface area (Å²) in [5.74, 6) is -0.924. The molecule has 0 aliphatic rings. The Morgan fingerprint density at radius 2 is 1.93 bits per heavy atom. The molecule has 0 aromatic carbocycles. The van der Waals surface area contributed by atoms with Gasteiger partial charge in [0.2, 0.25) is 0 Å². The first-order valence-corrected chi connectivity index (χ1v) is 10.4. The number of aryl methyl sites for hydroxylation is 2. The number of hydrogen-bond donors (Lipinski definition) is 1. The van der Waals surface area contributed by atoms with Crippen LogP contribution in [0.15, 0.2) is 35.0 Å². The minimum absolute atomic E-state index is 0.394. The SMILES string of the molecule is Cc1nn(C)c(C)c1NC(=O)[C@@H](C)OC(=O)/C(=C/c1cccs1)c1cccs1. The summed E-state index contributed by atoms with van der Waals surface area (Å²) in [4.78, 5) is 27.1. The van der Waals surface area contributed by atoms with Gasteiger partial charge in [-0.05, 0) is 49.7 Å². The van der Waals surface area contributed by atoms with Gasteiger partial charge in [0.05, 0.1) is 22.6 Å². The van der Waals surface area contributed by atoms with Crippen molar-refractivity contribution in [1.29, 1.82) is 0 Å². The van der Waals surface area contributed by atoms with E-state index in [1.165, 1.54) is 22.7 Å². The van der Waals surface area contributed by atoms with Gasteiger partial charge in [-0.15, -0.1) is 22.7 Å². The molecule has 1 amide bonds. The zero-order valence-corrected chi connectivity index (χ0v) is 17.7. The molecular formula is C20H21N3O3S2. The number of rotatable bonds is 6. The van der Waals surface area contributed by atoms with Crippen molar-refractivity contribution >= 4 is 51.9 Å². The first-order chi connectivity index (χ1) is 13.4. The van der Waals surface area contributed by atoms with Crippen LogP contribution in [0.4, 0.5) is 5.69 Å². The van der Waals surface area contributed by atoms with Gasteiger partial charge in [0.1, 0.15) is 0 Å². The maximum absolute atomic E-state index is 12.8. The van der Waals surface area contributed by atoms with Crippen molar-refractivity contribution in [2.75, 3.05) is 5.32 Å². The molecule has 3 aromatic rings. The molecule has 6 nitrogen and oxygen atoms in total. The van der Waals surface area contributed by atoms with E-state index in [1.54, 1.807) is 17.7 Å². The van der Waals surface area contributed by atoms with E-state index < -0.39 is 18.0 Å². The van der Waals surface area contributed by atoms with Crippen molar-refractivity contribution in [3.8, 4) is 0 Å². The number of esters is 1. The number of anilines is 1. The first-order valence-electron chi connectivity index (χ1n) is 8.68. The van der Waals surface area contributed by atoms with Crippen LogP contribution in [0.1, 0.15) is 28.1 Å². The lowest BCUT2D eigenvalue weighted by atomic mass is 10.2. The molecule has 146 valence electrons. The van der Waals surface area contributed by atoms with Gasteiger partial charge < -0.3 is 10.1 Å². The van der Waals surface area contributed by atoms with Crippen molar-refractivity contribution in [1.82, 2.24) is 9.78 Å². The minimum Gasteiger partial charge on any atom is -0.449 e. The van der Waals surface area contributed by atoms with Gasteiger partial charge in [0.25, 0.3) is 5.91 Å². The van der Waals surface area contributed by atoms with Gasteiger partial charge in [-0.2, -0.15) is 5.10 Å². The van der Waals surface area contributed by atoms with Crippen LogP contribution in [-0.4, -0.2) is 27.8 Å². The van der Waals surface area contributed by atoms with E-state index in [0.717, 1.165) is 15.4 Å². The average molecular weight is 416 g/mol. The second kappa shape index (κ2) is 8.53. The summed E-state index contributed by atoms with van der Waals surface area (Å²) in [6.07, 6.45) is 0.844. The van der Waals surface area contributed by atoms with Crippen molar-refractivity contribution in [3.63, 3.8) is 0 Å². The highest BCUT2D eigenvalue weighted by molar-refractivity contribution is 7.12. The van der Waals surface area contributed by atoms with Gasteiger partial charge >= 0.3 is 5.97 Å². The Balaban J connectivity index is 1.75. The standard InChI is InChI=1S/C20H21N3O3S2/c1-12-18(13(2)23(4)22-12)21-19(24)14(3)26-20(25)16(17-8-6-10-28-17)11-15-7-5-9-27-15/h5-11,14H,1-4H3,(H,21,24)/b16-11+/t14-/m1/s1. The van der Waals surface area contributed by atoms with Crippen LogP contribution in [0.5, 0.6) is 0 Å². The topological polar surface area (TPSA) is 73.2 Å². The summed E-state index contributed by atoms with van der Waals surface area (Å²) in [6.45, 7) is 5.24. The van der Waals surface area contributed by atoms with Crippen LogP contribution in [-0.2, 0) is 21.4 Å². The number of amides is 1. The normalized spacial score (nSPS) is 12.6. The highest BCUT2D eigenvalue weighted by Crippen LogP contribution is 2.26. The van der Waals surface area contributed by atoms with Crippen molar-refractivity contribution < 1.29 is 14.3 Å². The molecule has 0 aliphatic heterocycles. The maximum atomic E-state index is 12.8. The molecular weight excluding hydrogens is 394 g/mol. The molecule has 1 N–H and O–H groups in total. The van der Waals surface area contributed by atoms with Gasteiger partial charge in [-0.1, -0.05) is 12.1 Å². The second-order valence-corrected chi connectivity index (χ2v) is 8.18. The summed E-state index contributed by atoms with van der Waals surface area (Å²) in [7, 11) is 1.81. The monoisotopic (exact) mass is 415 g/mol. The molecule has 0 spiro atoms. The lowest BCUT2D eigenvalue weighted by molar-refractivity contribution is -0.147. The molecule has 1 atom stereocenters. The van der Waals surface area contributed by atoms with E-state index in [2.05, 4.69) is 10.4 Å². The van der Waals surface area contributed by atoms with Crippen LogP contribution in [0.3, 0.4) is 0 Å². The predicted molar refractivity (Wildman–Crippen MR) is 113 cm³/mol. The molecule has 3 heterocycles. The number of carbonyl (C=O) groups excluding carboxylic acids is 2. The highest BCUT2D eigenvalue weighted by Gasteiger charge is 2.24. The molecule has 0 saturated carbocycles. The zero-order chi connectivity index (χ0) is 20.3. The Kier molecular flexibility index (Phi) is 6.11. The summed E-state index contributed by atoms with van der Waals surface area (Å²) in [5.41, 5.74) is 2.62. The molecule has 0 unspecified atom stereocenters. The Bertz CT molecular complexity index is 1000. The Morgan fingerprint density at radius 3 is 2.50 bits per heavy atom. The van der Waals surface area contributed by atoms with Crippen LogP contribution < -0.4 is 5.32 Å². The number of nitrogens with one attached hydrogen (secondary N) is 1. The molecule has 8 heteroatoms. The molecule has 0 aliphatic carbocycles. The third-order valence-electron chi connectivity index (χ3n) is 4.25. The number of hydrogen-bond acceptors (Lipinski definition) is 6. The van der Waals surface area contributed by atoms with Crippen LogP contribution in [0.2, 0.25) is 0 Å². The zero-order valence-electron chi connectivity index (χ0n) is 16.1. The molecule has 3 aromatic heterocycles. The first kappa shape index (κ1) is 20.0. The highest BCUT2D eigenvalue weighted by atomic mass is 32.1. The van der Waals surface area contributed by atoms with Crippen LogP contribution >= 0.6 is 22.7 Å². The Morgan fingerprint density at radius 1 is 1.21 bits per heavy atom. The molecule has 0 radical (unpaired) electrons. The molecule has 3 rings (SSSR count). The quantitative estimate of drug-likeness (QED) is 0.482. The van der Waals surface area contributed by atoms with E-state index in [0.29, 0.717) is 17.0 Å². The molecule has 28 heavy (non-hydrogen) atoms. The number of nitrogens with zero attached hydrogens (tertiary/aromatic N) is 2. The van der Waals surface area contributed by atoms with Crippen LogP contribution in [0, 0.1) is 13.8 Å². The van der Waals surface area contributed by atoms with E-state index >= 15 is 0 Å². The largest absolute Gasteiger partial charge is 0.449 e. The predicted octanol–water partition coefficient (Wildman–Crippen LogP) is 4.27. The number of ether oxygens (including phenoxy) is 1. The third kappa shape index (κ3) is 4.40. The summed E-state index contributed by atoms with van der Waals surface area (Å²) < 4.78 is 7.17. The molecule has 0 fully saturated rings. The smallest absolute Gasteiger partial charge is 0.340 e. The van der Waals surface area contributed by atoms with Gasteiger partial charge in [-0.3, -0.25) is 9.48 Å². The number of thiophene rings is 2. The minimum atomic E-state index is -0.946. The Labute approximate surface area is 171 Å².